The lowest BCUT2D eigenvalue weighted by Crippen LogP contribution is -2.26. The van der Waals surface area contributed by atoms with E-state index in [1.54, 1.807) is 12.2 Å². The summed E-state index contributed by atoms with van der Waals surface area (Å²) in [5, 5.41) is 0.828. The van der Waals surface area contributed by atoms with Crippen LogP contribution in [0.25, 0.3) is 21.5 Å². The fourth-order valence-corrected chi connectivity index (χ4v) is 5.61. The minimum Gasteiger partial charge on any atom is -0.274 e. The maximum absolute atomic E-state index is 13.0. The van der Waals surface area contributed by atoms with Crippen LogP contribution in [-0.4, -0.2) is 34.4 Å². The van der Waals surface area contributed by atoms with Crippen molar-refractivity contribution in [1.82, 2.24) is 9.13 Å². The van der Waals surface area contributed by atoms with E-state index in [0.717, 1.165) is 89.9 Å². The van der Waals surface area contributed by atoms with Gasteiger partial charge in [-0.05, 0) is 37.8 Å². The summed E-state index contributed by atoms with van der Waals surface area (Å²) in [4.78, 5) is 79.3. The van der Waals surface area contributed by atoms with E-state index in [4.69, 9.17) is 0 Å². The van der Waals surface area contributed by atoms with E-state index >= 15 is 0 Å². The second-order valence-electron chi connectivity index (χ2n) is 11.1. The molecule has 0 amide bonds. The molecule has 0 spiro atoms. The van der Waals surface area contributed by atoms with Gasteiger partial charge in [0.05, 0.1) is 34.6 Å². The van der Waals surface area contributed by atoms with Gasteiger partial charge in [-0.3, -0.25) is 28.3 Å². The molecule has 2 aromatic heterocycles. The molecule has 1 aromatic carbocycles. The van der Waals surface area contributed by atoms with E-state index in [1.807, 2.05) is 0 Å². The van der Waals surface area contributed by atoms with Crippen molar-refractivity contribution in [3.63, 3.8) is 0 Å². The largest absolute Gasteiger partial charge is 0.274 e. The smallest absolute Gasteiger partial charge is 0.261 e. The van der Waals surface area contributed by atoms with Crippen LogP contribution in [0.15, 0.2) is 41.3 Å². The Kier molecular flexibility index (Phi) is 14.0. The van der Waals surface area contributed by atoms with Gasteiger partial charge in [0.1, 0.15) is 0 Å². The maximum Gasteiger partial charge on any atom is 0.261 e. The molecule has 0 unspecified atom stereocenters. The third-order valence-corrected chi connectivity index (χ3v) is 7.99. The van der Waals surface area contributed by atoms with Crippen LogP contribution >= 0.6 is 0 Å². The molecule has 0 saturated heterocycles. The number of carbonyl (C=O) groups excluding carboxylic acids is 2. The number of benzene rings is 1. The minimum atomic E-state index is -0.397. The normalized spacial score (nSPS) is 11.2. The van der Waals surface area contributed by atoms with E-state index in [1.165, 1.54) is 21.3 Å². The number of hydrogen-bond donors (Lipinski definition) is 0. The standard InChI is InChI=1S/C32H42N4O6/c37-23-33-17-13-9-5-1-3-7-11-15-19-35-29(39)25-21-27-28(22-26(25)30(35)40)32(42)36(31(27)41)20-16-12-8-4-2-6-10-14-18-34-24-38/h21-22H,1-20H2. The lowest BCUT2D eigenvalue weighted by molar-refractivity contribution is 0.533. The Bertz CT molecular complexity index is 1400. The van der Waals surface area contributed by atoms with Crippen LogP contribution in [0.2, 0.25) is 0 Å². The van der Waals surface area contributed by atoms with Gasteiger partial charge in [-0.15, -0.1) is 0 Å². The lowest BCUT2D eigenvalue weighted by atomic mass is 10.1. The molecule has 10 heteroatoms. The number of unbranched alkanes of at least 4 members (excludes halogenated alkanes) is 14. The van der Waals surface area contributed by atoms with E-state index in [9.17, 15) is 28.8 Å². The molecule has 226 valence electrons. The summed E-state index contributed by atoms with van der Waals surface area (Å²) < 4.78 is 2.47. The molecule has 10 nitrogen and oxygen atoms in total. The summed E-state index contributed by atoms with van der Waals surface area (Å²) in [7, 11) is 0. The summed E-state index contributed by atoms with van der Waals surface area (Å²) in [5.41, 5.74) is -1.59. The quantitative estimate of drug-likeness (QED) is 0.0952. The summed E-state index contributed by atoms with van der Waals surface area (Å²) in [6.45, 7) is 1.73. The van der Waals surface area contributed by atoms with Crippen LogP contribution in [0.3, 0.4) is 0 Å². The second kappa shape index (κ2) is 17.9. The summed E-state index contributed by atoms with van der Waals surface area (Å²) in [6.07, 6.45) is 18.8. The molecule has 0 saturated carbocycles. The third-order valence-electron chi connectivity index (χ3n) is 7.99. The van der Waals surface area contributed by atoms with Gasteiger partial charge in [0.25, 0.3) is 22.2 Å². The van der Waals surface area contributed by atoms with Gasteiger partial charge in [0.2, 0.25) is 12.2 Å². The first-order valence-electron chi connectivity index (χ1n) is 15.5. The highest BCUT2D eigenvalue weighted by atomic mass is 16.2. The highest BCUT2D eigenvalue weighted by Crippen LogP contribution is 2.16. The molecule has 3 rings (SSSR count). The van der Waals surface area contributed by atoms with Gasteiger partial charge in [0.15, 0.2) is 0 Å². The number of fused-ring (bicyclic) bond motifs is 2. The predicted octanol–water partition coefficient (Wildman–Crippen LogP) is 4.83. The predicted molar refractivity (Wildman–Crippen MR) is 165 cm³/mol. The topological polar surface area (TPSA) is 137 Å². The molecule has 0 radical (unpaired) electrons. The first kappa shape index (κ1) is 32.8. The highest BCUT2D eigenvalue weighted by Gasteiger charge is 2.19. The van der Waals surface area contributed by atoms with Crippen LogP contribution in [0, 0.1) is 0 Å². The molecule has 0 fully saturated rings. The molecule has 0 aliphatic rings. The van der Waals surface area contributed by atoms with Gasteiger partial charge in [-0.1, -0.05) is 77.0 Å². The Labute approximate surface area is 244 Å². The Morgan fingerprint density at radius 3 is 0.976 bits per heavy atom. The summed E-state index contributed by atoms with van der Waals surface area (Å²) in [6, 6.07) is 2.87. The molecule has 0 aliphatic heterocycles. The van der Waals surface area contributed by atoms with Gasteiger partial charge in [-0.25, -0.2) is 19.6 Å². The summed E-state index contributed by atoms with van der Waals surface area (Å²) >= 11 is 0. The van der Waals surface area contributed by atoms with Crippen LogP contribution in [0.4, 0.5) is 0 Å². The first-order chi connectivity index (χ1) is 20.5. The molecule has 0 aliphatic carbocycles. The molecule has 42 heavy (non-hydrogen) atoms. The zero-order valence-electron chi connectivity index (χ0n) is 24.5. The van der Waals surface area contributed by atoms with Crippen LogP contribution < -0.4 is 22.2 Å². The second-order valence-corrected chi connectivity index (χ2v) is 11.1. The Balaban J connectivity index is 1.49. The van der Waals surface area contributed by atoms with Crippen molar-refractivity contribution >= 4 is 33.7 Å². The number of isocyanates is 2. The Hall–Kier alpha value is -3.74. The zero-order chi connectivity index (χ0) is 30.2. The van der Waals surface area contributed by atoms with E-state index < -0.39 is 22.2 Å². The highest BCUT2D eigenvalue weighted by molar-refractivity contribution is 5.97. The zero-order valence-corrected chi connectivity index (χ0v) is 24.5. The Morgan fingerprint density at radius 1 is 0.429 bits per heavy atom. The van der Waals surface area contributed by atoms with Gasteiger partial charge in [0, 0.05) is 13.1 Å². The number of hydrogen-bond acceptors (Lipinski definition) is 8. The molecule has 3 aromatic rings. The first-order valence-corrected chi connectivity index (χ1v) is 15.5. The van der Waals surface area contributed by atoms with E-state index in [0.29, 0.717) is 39.0 Å². The number of nitrogens with zero attached hydrogens (tertiary/aromatic N) is 4. The number of rotatable bonds is 22. The van der Waals surface area contributed by atoms with E-state index in [2.05, 4.69) is 9.98 Å². The molecule has 0 atom stereocenters. The number of aromatic nitrogens is 2. The monoisotopic (exact) mass is 578 g/mol. The van der Waals surface area contributed by atoms with Crippen molar-refractivity contribution < 1.29 is 9.59 Å². The minimum absolute atomic E-state index is 0.207. The van der Waals surface area contributed by atoms with Crippen LogP contribution in [0.1, 0.15) is 103 Å². The average Bonchev–Trinajstić information content (AvgIpc) is 3.37. The number of aliphatic imine (C=N–C) groups is 2. The maximum atomic E-state index is 13.0. The van der Waals surface area contributed by atoms with Gasteiger partial charge < -0.3 is 0 Å². The van der Waals surface area contributed by atoms with Crippen molar-refractivity contribution in [2.45, 2.75) is 116 Å². The fourth-order valence-electron chi connectivity index (χ4n) is 5.61. The molecule has 0 bridgehead atoms. The SMILES string of the molecule is O=C=NCCCCCCCCCCn1c(=O)c2cc3c(=O)n(CCCCCCCCCCN=C=O)c(=O)c3cc2c1=O. The van der Waals surface area contributed by atoms with Gasteiger partial charge >= 0.3 is 0 Å². The van der Waals surface area contributed by atoms with Crippen LogP contribution in [0.5, 0.6) is 0 Å². The Morgan fingerprint density at radius 2 is 0.690 bits per heavy atom. The van der Waals surface area contributed by atoms with Crippen molar-refractivity contribution in [1.29, 1.82) is 0 Å². The molecule has 0 N–H and O–H groups in total. The van der Waals surface area contributed by atoms with Crippen molar-refractivity contribution in [3.8, 4) is 0 Å². The fraction of sp³-hybridized carbons (Fsp3) is 0.625. The van der Waals surface area contributed by atoms with Gasteiger partial charge in [-0.2, -0.15) is 0 Å². The van der Waals surface area contributed by atoms with Crippen molar-refractivity contribution in [2.24, 2.45) is 9.98 Å². The van der Waals surface area contributed by atoms with E-state index in [-0.39, 0.29) is 21.5 Å². The molecule has 2 heterocycles. The van der Waals surface area contributed by atoms with Crippen molar-refractivity contribution in [2.75, 3.05) is 13.1 Å². The molecular formula is C32H42N4O6. The van der Waals surface area contributed by atoms with Crippen LogP contribution in [-0.2, 0) is 22.7 Å². The summed E-state index contributed by atoms with van der Waals surface area (Å²) in [5.74, 6) is 0. The van der Waals surface area contributed by atoms with Crippen molar-refractivity contribution in [3.05, 3.63) is 53.5 Å². The molecular weight excluding hydrogens is 536 g/mol. The third kappa shape index (κ3) is 9.13. The lowest BCUT2D eigenvalue weighted by Gasteiger charge is -2.02. The average molecular weight is 579 g/mol.